The molecular formula is C23H30N2O2. The number of rotatable bonds is 5. The molecule has 4 heteroatoms. The van der Waals surface area contributed by atoms with Crippen LogP contribution in [-0.2, 0) is 16.8 Å². The van der Waals surface area contributed by atoms with Crippen LogP contribution in [0.25, 0.3) is 0 Å². The van der Waals surface area contributed by atoms with Gasteiger partial charge in [0.1, 0.15) is 0 Å². The van der Waals surface area contributed by atoms with Gasteiger partial charge in [0.2, 0.25) is 5.91 Å². The Bertz CT molecular complexity index is 754. The first-order valence-electron chi connectivity index (χ1n) is 9.80. The molecule has 2 aromatic carbocycles. The van der Waals surface area contributed by atoms with Gasteiger partial charge >= 0.3 is 0 Å². The molecule has 0 atom stereocenters. The minimum absolute atomic E-state index is 0.00740. The number of nitrogens with one attached hydrogen (secondary N) is 1. The zero-order valence-electron chi connectivity index (χ0n) is 16.5. The van der Waals surface area contributed by atoms with Crippen molar-refractivity contribution in [3.8, 4) is 0 Å². The van der Waals surface area contributed by atoms with E-state index in [9.17, 15) is 10.0 Å². The average molecular weight is 367 g/mol. The molecule has 1 amide bonds. The van der Waals surface area contributed by atoms with Crippen LogP contribution in [0, 0.1) is 5.92 Å². The third-order valence-corrected chi connectivity index (χ3v) is 5.28. The Morgan fingerprint density at radius 3 is 2.04 bits per heavy atom. The topological polar surface area (TPSA) is 52.6 Å². The second-order valence-electron chi connectivity index (χ2n) is 8.53. The predicted molar refractivity (Wildman–Crippen MR) is 109 cm³/mol. The standard InChI is InChI=1S/C23H30N2O2/c1-23(2,3)19-10-14-21(15-11-19)24-20-12-8-17(9-13-20)16-25(27)22(26)18-6-4-5-7-18/h8-15,18,24,27H,4-7,16H2,1-3H3. The monoisotopic (exact) mass is 366 g/mol. The molecule has 0 spiro atoms. The minimum Gasteiger partial charge on any atom is -0.356 e. The first-order valence-corrected chi connectivity index (χ1v) is 9.80. The van der Waals surface area contributed by atoms with E-state index in [-0.39, 0.29) is 23.8 Å². The number of anilines is 2. The number of carbonyl (C=O) groups is 1. The van der Waals surface area contributed by atoms with Gasteiger partial charge in [-0.3, -0.25) is 10.0 Å². The van der Waals surface area contributed by atoms with Gasteiger partial charge in [0, 0.05) is 17.3 Å². The van der Waals surface area contributed by atoms with Crippen molar-refractivity contribution in [2.24, 2.45) is 5.92 Å². The Balaban J connectivity index is 1.57. The quantitative estimate of drug-likeness (QED) is 0.532. The average Bonchev–Trinajstić information content (AvgIpc) is 3.17. The zero-order chi connectivity index (χ0) is 19.4. The summed E-state index contributed by atoms with van der Waals surface area (Å²) >= 11 is 0. The number of hydrogen-bond acceptors (Lipinski definition) is 3. The number of nitrogens with zero attached hydrogens (tertiary/aromatic N) is 1. The molecule has 3 rings (SSSR count). The largest absolute Gasteiger partial charge is 0.356 e. The summed E-state index contributed by atoms with van der Waals surface area (Å²) in [6.07, 6.45) is 3.96. The van der Waals surface area contributed by atoms with Crippen molar-refractivity contribution in [2.75, 3.05) is 5.32 Å². The van der Waals surface area contributed by atoms with Gasteiger partial charge in [0.25, 0.3) is 0 Å². The van der Waals surface area contributed by atoms with Crippen LogP contribution >= 0.6 is 0 Å². The molecule has 1 fully saturated rings. The van der Waals surface area contributed by atoms with Crippen LogP contribution < -0.4 is 5.32 Å². The van der Waals surface area contributed by atoms with Gasteiger partial charge in [-0.25, -0.2) is 5.06 Å². The van der Waals surface area contributed by atoms with E-state index in [0.29, 0.717) is 0 Å². The Morgan fingerprint density at radius 1 is 1.00 bits per heavy atom. The number of benzene rings is 2. The van der Waals surface area contributed by atoms with Crippen molar-refractivity contribution in [1.29, 1.82) is 0 Å². The smallest absolute Gasteiger partial charge is 0.249 e. The lowest BCUT2D eigenvalue weighted by Gasteiger charge is -2.20. The second-order valence-corrected chi connectivity index (χ2v) is 8.53. The number of hydroxylamine groups is 2. The number of amides is 1. The van der Waals surface area contributed by atoms with Gasteiger partial charge in [-0.2, -0.15) is 0 Å². The fourth-order valence-corrected chi connectivity index (χ4v) is 3.55. The highest BCUT2D eigenvalue weighted by molar-refractivity contribution is 5.77. The lowest BCUT2D eigenvalue weighted by molar-refractivity contribution is -0.172. The van der Waals surface area contributed by atoms with E-state index in [1.54, 1.807) is 0 Å². The summed E-state index contributed by atoms with van der Waals surface area (Å²) in [7, 11) is 0. The summed E-state index contributed by atoms with van der Waals surface area (Å²) in [6, 6.07) is 16.3. The van der Waals surface area contributed by atoms with E-state index in [1.165, 1.54) is 5.56 Å². The molecule has 0 radical (unpaired) electrons. The SMILES string of the molecule is CC(C)(C)c1ccc(Nc2ccc(CN(O)C(=O)C3CCCC3)cc2)cc1. The highest BCUT2D eigenvalue weighted by Crippen LogP contribution is 2.27. The Labute approximate surface area is 162 Å². The van der Waals surface area contributed by atoms with Gasteiger partial charge in [-0.1, -0.05) is 57.9 Å². The highest BCUT2D eigenvalue weighted by atomic mass is 16.5. The van der Waals surface area contributed by atoms with Crippen molar-refractivity contribution >= 4 is 17.3 Å². The first kappa shape index (κ1) is 19.4. The predicted octanol–water partition coefficient (Wildman–Crippen LogP) is 5.64. The van der Waals surface area contributed by atoms with E-state index in [0.717, 1.165) is 47.7 Å². The molecule has 1 aliphatic carbocycles. The van der Waals surface area contributed by atoms with Gasteiger partial charge in [0.15, 0.2) is 0 Å². The Hall–Kier alpha value is -2.33. The normalized spacial score (nSPS) is 15.0. The fourth-order valence-electron chi connectivity index (χ4n) is 3.55. The van der Waals surface area contributed by atoms with Gasteiger partial charge < -0.3 is 5.32 Å². The molecule has 2 N–H and O–H groups in total. The van der Waals surface area contributed by atoms with Crippen molar-refractivity contribution in [3.63, 3.8) is 0 Å². The zero-order valence-corrected chi connectivity index (χ0v) is 16.5. The molecule has 2 aromatic rings. The summed E-state index contributed by atoms with van der Waals surface area (Å²) in [5.74, 6) is -0.152. The van der Waals surface area contributed by atoms with Gasteiger partial charge in [0.05, 0.1) is 6.54 Å². The highest BCUT2D eigenvalue weighted by Gasteiger charge is 2.26. The van der Waals surface area contributed by atoms with Crippen LogP contribution in [0.3, 0.4) is 0 Å². The molecule has 1 saturated carbocycles. The van der Waals surface area contributed by atoms with Crippen LogP contribution in [0.5, 0.6) is 0 Å². The maximum Gasteiger partial charge on any atom is 0.249 e. The lowest BCUT2D eigenvalue weighted by atomic mass is 9.87. The Morgan fingerprint density at radius 2 is 1.52 bits per heavy atom. The van der Waals surface area contributed by atoms with E-state index >= 15 is 0 Å². The fraction of sp³-hybridized carbons (Fsp3) is 0.435. The maximum atomic E-state index is 12.2. The second kappa shape index (κ2) is 8.13. The van der Waals surface area contributed by atoms with Crippen LogP contribution in [0.15, 0.2) is 48.5 Å². The van der Waals surface area contributed by atoms with E-state index in [1.807, 2.05) is 24.3 Å². The van der Waals surface area contributed by atoms with Crippen LogP contribution in [-0.4, -0.2) is 16.2 Å². The molecule has 0 bridgehead atoms. The van der Waals surface area contributed by atoms with E-state index < -0.39 is 0 Å². The molecular weight excluding hydrogens is 336 g/mol. The number of hydrogen-bond donors (Lipinski definition) is 2. The molecule has 27 heavy (non-hydrogen) atoms. The molecule has 4 nitrogen and oxygen atoms in total. The molecule has 144 valence electrons. The summed E-state index contributed by atoms with van der Waals surface area (Å²) < 4.78 is 0. The van der Waals surface area contributed by atoms with E-state index in [4.69, 9.17) is 0 Å². The van der Waals surface area contributed by atoms with Gasteiger partial charge in [-0.05, 0) is 53.6 Å². The summed E-state index contributed by atoms with van der Waals surface area (Å²) in [6.45, 7) is 6.85. The third kappa shape index (κ3) is 5.10. The third-order valence-electron chi connectivity index (χ3n) is 5.28. The van der Waals surface area contributed by atoms with Crippen molar-refractivity contribution in [3.05, 3.63) is 59.7 Å². The molecule has 0 unspecified atom stereocenters. The van der Waals surface area contributed by atoms with Crippen molar-refractivity contribution < 1.29 is 10.0 Å². The number of carbonyl (C=O) groups excluding carboxylic acids is 1. The molecule has 0 saturated heterocycles. The maximum absolute atomic E-state index is 12.2. The Kier molecular flexibility index (Phi) is 5.85. The molecule has 1 aliphatic rings. The van der Waals surface area contributed by atoms with Crippen LogP contribution in [0.1, 0.15) is 57.6 Å². The minimum atomic E-state index is -0.145. The molecule has 0 heterocycles. The first-order chi connectivity index (χ1) is 12.8. The van der Waals surface area contributed by atoms with Crippen LogP contribution in [0.4, 0.5) is 11.4 Å². The summed E-state index contributed by atoms with van der Waals surface area (Å²) in [5.41, 5.74) is 4.38. The molecule has 0 aromatic heterocycles. The van der Waals surface area contributed by atoms with Crippen LogP contribution in [0.2, 0.25) is 0 Å². The summed E-state index contributed by atoms with van der Waals surface area (Å²) in [4.78, 5) is 12.2. The van der Waals surface area contributed by atoms with Crippen molar-refractivity contribution in [1.82, 2.24) is 5.06 Å². The van der Waals surface area contributed by atoms with Crippen molar-refractivity contribution in [2.45, 2.75) is 58.4 Å². The summed E-state index contributed by atoms with van der Waals surface area (Å²) in [5, 5.41) is 14.4. The molecule has 0 aliphatic heterocycles. The van der Waals surface area contributed by atoms with E-state index in [2.05, 4.69) is 50.4 Å². The lowest BCUT2D eigenvalue weighted by Crippen LogP contribution is -2.31. The van der Waals surface area contributed by atoms with Gasteiger partial charge in [-0.15, -0.1) is 0 Å².